The number of hydrogen-bond donors (Lipinski definition) is 1. The van der Waals surface area contributed by atoms with E-state index in [0.29, 0.717) is 44.8 Å². The van der Waals surface area contributed by atoms with Crippen LogP contribution in [-0.4, -0.2) is 85.2 Å². The summed E-state index contributed by atoms with van der Waals surface area (Å²) in [4.78, 5) is 16.2. The summed E-state index contributed by atoms with van der Waals surface area (Å²) in [6.45, 7) is 7.46. The SMILES string of the molecule is COc1cc(C(C)(C)c2cnc(SCc3c(F)cc(S(=O)(=O)N(CCC[N+](C)(C)C)[C@H](C(=O)O)C(C)C)cc3F)n2-c2ccc(F)cc2)ccc1Cl. The number of thioether (sulfide) groups is 1. The lowest BCUT2D eigenvalue weighted by molar-refractivity contribution is -0.870. The normalized spacial score (nSPS) is 13.2. The van der Waals surface area contributed by atoms with Crippen LogP contribution in [0.15, 0.2) is 70.8 Å². The molecule has 1 aromatic heterocycles. The number of methoxy groups -OCH3 is 1. The molecule has 9 nitrogen and oxygen atoms in total. The van der Waals surface area contributed by atoms with Gasteiger partial charge in [-0.2, -0.15) is 4.31 Å². The Labute approximate surface area is 313 Å². The van der Waals surface area contributed by atoms with Crippen LogP contribution in [0.1, 0.15) is 50.9 Å². The summed E-state index contributed by atoms with van der Waals surface area (Å²) in [6.07, 6.45) is 1.96. The maximum Gasteiger partial charge on any atom is 0.322 e. The summed E-state index contributed by atoms with van der Waals surface area (Å²) in [5.74, 6) is -4.45. The van der Waals surface area contributed by atoms with Gasteiger partial charge in [-0.1, -0.05) is 57.1 Å². The molecule has 282 valence electrons. The number of aliphatic carboxylic acids is 1. The fraction of sp³-hybridized carbons (Fsp3) is 0.405. The molecule has 3 aromatic carbocycles. The van der Waals surface area contributed by atoms with Gasteiger partial charge in [-0.05, 0) is 60.0 Å². The standard InChI is InChI=1S/C37H44ClF3N4O5S2/c1-23(2)34(35(46)47)43(16-9-17-45(5,6)7)52(48,49)27-19-30(40)28(31(41)20-27)22-51-36-42-21-33(44(36)26-13-11-25(39)12-14-26)37(3,4)24-10-15-29(38)32(18-24)50-8/h10-15,18-21,23,34H,9,16-17,22H2,1-8H3/p+1/t34-/m0/s1. The van der Waals surface area contributed by atoms with Gasteiger partial charge in [-0.25, -0.2) is 26.6 Å². The fourth-order valence-electron chi connectivity index (χ4n) is 5.90. The van der Waals surface area contributed by atoms with E-state index in [1.807, 2.05) is 47.1 Å². The van der Waals surface area contributed by atoms with E-state index in [-0.39, 0.29) is 12.3 Å². The van der Waals surface area contributed by atoms with Crippen molar-refractivity contribution < 1.29 is 40.7 Å². The van der Waals surface area contributed by atoms with Crippen LogP contribution in [0, 0.1) is 23.4 Å². The molecular formula is C37H45ClF3N4O5S2+. The highest BCUT2D eigenvalue weighted by Crippen LogP contribution is 2.39. The second-order valence-corrected chi connectivity index (χ2v) is 17.6. The van der Waals surface area contributed by atoms with Crippen LogP contribution in [0.3, 0.4) is 0 Å². The number of sulfonamides is 1. The Hall–Kier alpha value is -3.56. The van der Waals surface area contributed by atoms with Gasteiger partial charge in [0.2, 0.25) is 10.0 Å². The molecule has 1 N–H and O–H groups in total. The number of imidazole rings is 1. The first-order valence-corrected chi connectivity index (χ1v) is 19.3. The maximum atomic E-state index is 15.8. The Kier molecular flexibility index (Phi) is 12.8. The number of nitrogens with zero attached hydrogens (tertiary/aromatic N) is 4. The molecule has 0 aliphatic rings. The van der Waals surface area contributed by atoms with Gasteiger partial charge in [0.1, 0.15) is 29.2 Å². The van der Waals surface area contributed by atoms with Crippen LogP contribution >= 0.6 is 23.4 Å². The third kappa shape index (κ3) is 9.14. The van der Waals surface area contributed by atoms with Crippen molar-refractivity contribution in [1.82, 2.24) is 13.9 Å². The minimum atomic E-state index is -4.64. The minimum Gasteiger partial charge on any atom is -0.495 e. The van der Waals surface area contributed by atoms with Crippen molar-refractivity contribution in [2.24, 2.45) is 5.92 Å². The summed E-state index contributed by atoms with van der Waals surface area (Å²) in [6, 6.07) is 11.1. The Balaban J connectivity index is 1.72. The number of carboxylic acid groups (broad SMARTS) is 1. The van der Waals surface area contributed by atoms with E-state index in [4.69, 9.17) is 16.3 Å². The molecule has 15 heteroatoms. The summed E-state index contributed by atoms with van der Waals surface area (Å²) in [7, 11) is 2.63. The highest BCUT2D eigenvalue weighted by Gasteiger charge is 2.39. The van der Waals surface area contributed by atoms with Crippen LogP contribution in [0.4, 0.5) is 13.2 Å². The number of aromatic nitrogens is 2. The number of benzene rings is 3. The zero-order valence-corrected chi connectivity index (χ0v) is 32.8. The third-order valence-electron chi connectivity index (χ3n) is 8.80. The summed E-state index contributed by atoms with van der Waals surface area (Å²) in [5, 5.41) is 10.8. The molecule has 0 radical (unpaired) electrons. The van der Waals surface area contributed by atoms with Crippen LogP contribution in [0.25, 0.3) is 5.69 Å². The first-order valence-electron chi connectivity index (χ1n) is 16.5. The molecular weight excluding hydrogens is 737 g/mol. The lowest BCUT2D eigenvalue weighted by Crippen LogP contribution is -2.49. The molecule has 0 amide bonds. The molecule has 1 atom stereocenters. The number of carbonyl (C=O) groups is 1. The van der Waals surface area contributed by atoms with Crippen LogP contribution in [0.2, 0.25) is 5.02 Å². The average Bonchev–Trinajstić information content (AvgIpc) is 3.48. The van der Waals surface area contributed by atoms with E-state index in [9.17, 15) is 22.7 Å². The molecule has 52 heavy (non-hydrogen) atoms. The first-order chi connectivity index (χ1) is 24.2. The number of rotatable bonds is 16. The van der Waals surface area contributed by atoms with Crippen molar-refractivity contribution in [1.29, 1.82) is 0 Å². The molecule has 1 heterocycles. The molecule has 0 spiro atoms. The zero-order chi connectivity index (χ0) is 38.8. The first kappa shape index (κ1) is 41.2. The van der Waals surface area contributed by atoms with Crippen LogP contribution < -0.4 is 4.74 Å². The van der Waals surface area contributed by atoms with E-state index >= 15 is 8.78 Å². The van der Waals surface area contributed by atoms with Gasteiger partial charge in [0, 0.05) is 35.4 Å². The summed E-state index contributed by atoms with van der Waals surface area (Å²) in [5.41, 5.74) is 0.951. The molecule has 0 saturated heterocycles. The van der Waals surface area contributed by atoms with Gasteiger partial charge in [-0.15, -0.1) is 0 Å². The molecule has 0 aliphatic carbocycles. The van der Waals surface area contributed by atoms with Gasteiger partial charge in [0.25, 0.3) is 0 Å². The Morgan fingerprint density at radius 3 is 2.21 bits per heavy atom. The Bertz CT molecular complexity index is 1990. The molecule has 0 unspecified atom stereocenters. The van der Waals surface area contributed by atoms with Crippen molar-refractivity contribution >= 4 is 39.4 Å². The quantitative estimate of drug-likeness (QED) is 0.0916. The Morgan fingerprint density at radius 1 is 1.06 bits per heavy atom. The second kappa shape index (κ2) is 16.2. The molecule has 0 fully saturated rings. The van der Waals surface area contributed by atoms with E-state index in [1.54, 1.807) is 42.8 Å². The molecule has 0 aliphatic heterocycles. The third-order valence-corrected chi connectivity index (χ3v) is 11.9. The zero-order valence-electron chi connectivity index (χ0n) is 30.5. The predicted octanol–water partition coefficient (Wildman–Crippen LogP) is 7.77. The van der Waals surface area contributed by atoms with Gasteiger partial charge < -0.3 is 14.3 Å². The Morgan fingerprint density at radius 2 is 1.67 bits per heavy atom. The molecule has 4 rings (SSSR count). The number of carboxylic acids is 1. The van der Waals surface area contributed by atoms with Gasteiger partial charge in [0.05, 0.1) is 56.6 Å². The molecule has 4 aromatic rings. The van der Waals surface area contributed by atoms with Crippen molar-refractivity contribution in [3.05, 3.63) is 100 Å². The van der Waals surface area contributed by atoms with Crippen molar-refractivity contribution in [3.8, 4) is 11.4 Å². The summed E-state index contributed by atoms with van der Waals surface area (Å²) >= 11 is 7.29. The van der Waals surface area contributed by atoms with Crippen LogP contribution in [0.5, 0.6) is 5.75 Å². The van der Waals surface area contributed by atoms with Gasteiger partial charge in [0.15, 0.2) is 5.16 Å². The van der Waals surface area contributed by atoms with E-state index < -0.39 is 61.3 Å². The topological polar surface area (TPSA) is 102 Å². The second-order valence-electron chi connectivity index (χ2n) is 14.4. The maximum absolute atomic E-state index is 15.8. The molecule has 0 saturated carbocycles. The van der Waals surface area contributed by atoms with Gasteiger partial charge in [-0.3, -0.25) is 9.36 Å². The van der Waals surface area contributed by atoms with Gasteiger partial charge >= 0.3 is 5.97 Å². The van der Waals surface area contributed by atoms with E-state index in [0.717, 1.165) is 33.8 Å². The highest BCUT2D eigenvalue weighted by molar-refractivity contribution is 7.98. The lowest BCUT2D eigenvalue weighted by Gasteiger charge is -2.32. The van der Waals surface area contributed by atoms with E-state index in [1.165, 1.54) is 19.2 Å². The lowest BCUT2D eigenvalue weighted by atomic mass is 9.81. The number of ether oxygens (including phenoxy) is 1. The number of hydrogen-bond acceptors (Lipinski definition) is 6. The number of halogens is 4. The van der Waals surface area contributed by atoms with Crippen molar-refractivity contribution in [2.45, 2.75) is 61.4 Å². The fourth-order valence-corrected chi connectivity index (χ4v) is 8.88. The molecule has 0 bridgehead atoms. The largest absolute Gasteiger partial charge is 0.495 e. The van der Waals surface area contributed by atoms with E-state index in [2.05, 4.69) is 4.98 Å². The monoisotopic (exact) mass is 781 g/mol. The smallest absolute Gasteiger partial charge is 0.322 e. The minimum absolute atomic E-state index is 0.151. The van der Waals surface area contributed by atoms with Crippen molar-refractivity contribution in [2.75, 3.05) is 41.3 Å². The summed E-state index contributed by atoms with van der Waals surface area (Å²) < 4.78 is 81.9. The van der Waals surface area contributed by atoms with Crippen molar-refractivity contribution in [3.63, 3.8) is 0 Å². The van der Waals surface area contributed by atoms with Crippen LogP contribution in [-0.2, 0) is 26.0 Å². The number of quaternary nitrogens is 1. The predicted molar refractivity (Wildman–Crippen MR) is 197 cm³/mol. The highest BCUT2D eigenvalue weighted by atomic mass is 35.5. The average molecular weight is 782 g/mol.